The molecular formula is C7H17N3O2. The first-order valence-corrected chi connectivity index (χ1v) is 4.10. The van der Waals surface area contributed by atoms with Crippen LogP contribution in [0.4, 0.5) is 4.79 Å². The highest BCUT2D eigenvalue weighted by molar-refractivity contribution is 5.64. The highest BCUT2D eigenvalue weighted by atomic mass is 16.5. The molecule has 0 aliphatic heterocycles. The lowest BCUT2D eigenvalue weighted by Crippen LogP contribution is -2.21. The van der Waals surface area contributed by atoms with Gasteiger partial charge in [-0.15, -0.1) is 0 Å². The standard InChI is InChI=1S/C7H17N3O2/c8-3-1-4-10-5-2-6-12-7(9)11/h10H,1-6,8H2,(H2,9,11). The van der Waals surface area contributed by atoms with E-state index >= 15 is 0 Å². The summed E-state index contributed by atoms with van der Waals surface area (Å²) in [4.78, 5) is 10.1. The van der Waals surface area contributed by atoms with E-state index in [2.05, 4.69) is 10.1 Å². The number of nitrogens with one attached hydrogen (secondary N) is 1. The molecule has 0 unspecified atom stereocenters. The maximum absolute atomic E-state index is 10.1. The third-order valence-corrected chi connectivity index (χ3v) is 1.30. The van der Waals surface area contributed by atoms with Crippen LogP contribution in [0.1, 0.15) is 12.8 Å². The molecule has 0 saturated carbocycles. The molecule has 0 saturated heterocycles. The second-order valence-electron chi connectivity index (χ2n) is 2.41. The SMILES string of the molecule is NCCCNCCCOC(N)=O. The van der Waals surface area contributed by atoms with Crippen LogP contribution < -0.4 is 16.8 Å². The zero-order chi connectivity index (χ0) is 9.23. The fourth-order valence-electron chi connectivity index (χ4n) is 0.722. The Labute approximate surface area is 72.4 Å². The normalized spacial score (nSPS) is 9.75. The van der Waals surface area contributed by atoms with Crippen molar-refractivity contribution in [3.8, 4) is 0 Å². The van der Waals surface area contributed by atoms with E-state index in [4.69, 9.17) is 11.5 Å². The number of carbonyl (C=O) groups excluding carboxylic acids is 1. The van der Waals surface area contributed by atoms with Crippen LogP contribution in [0.3, 0.4) is 0 Å². The van der Waals surface area contributed by atoms with Gasteiger partial charge in [0.1, 0.15) is 0 Å². The van der Waals surface area contributed by atoms with Crippen molar-refractivity contribution in [1.82, 2.24) is 5.32 Å². The van der Waals surface area contributed by atoms with Crippen LogP contribution in [-0.2, 0) is 4.74 Å². The minimum absolute atomic E-state index is 0.380. The predicted molar refractivity (Wildman–Crippen MR) is 46.7 cm³/mol. The molecule has 0 radical (unpaired) electrons. The van der Waals surface area contributed by atoms with Gasteiger partial charge in [0.15, 0.2) is 0 Å². The maximum Gasteiger partial charge on any atom is 0.404 e. The summed E-state index contributed by atoms with van der Waals surface area (Å²) in [5.74, 6) is 0. The largest absolute Gasteiger partial charge is 0.450 e. The number of primary amides is 1. The fraction of sp³-hybridized carbons (Fsp3) is 0.857. The van der Waals surface area contributed by atoms with Crippen LogP contribution in [0.5, 0.6) is 0 Å². The summed E-state index contributed by atoms with van der Waals surface area (Å²) in [5.41, 5.74) is 10.0. The molecule has 12 heavy (non-hydrogen) atoms. The van der Waals surface area contributed by atoms with Crippen LogP contribution in [0.25, 0.3) is 0 Å². The zero-order valence-electron chi connectivity index (χ0n) is 7.21. The molecule has 5 nitrogen and oxygen atoms in total. The Morgan fingerprint density at radius 3 is 2.58 bits per heavy atom. The molecule has 0 atom stereocenters. The second kappa shape index (κ2) is 8.29. The van der Waals surface area contributed by atoms with Gasteiger partial charge in [-0.25, -0.2) is 4.79 Å². The van der Waals surface area contributed by atoms with Gasteiger partial charge in [0, 0.05) is 0 Å². The number of nitrogens with two attached hydrogens (primary N) is 2. The molecule has 0 heterocycles. The van der Waals surface area contributed by atoms with Gasteiger partial charge in [-0.1, -0.05) is 0 Å². The van der Waals surface area contributed by atoms with Crippen molar-refractivity contribution >= 4 is 6.09 Å². The summed E-state index contributed by atoms with van der Waals surface area (Å²) in [5, 5.41) is 3.15. The molecule has 0 fully saturated rings. The van der Waals surface area contributed by atoms with Crippen molar-refractivity contribution < 1.29 is 9.53 Å². The van der Waals surface area contributed by atoms with Crippen molar-refractivity contribution in [3.63, 3.8) is 0 Å². The van der Waals surface area contributed by atoms with Crippen molar-refractivity contribution in [2.24, 2.45) is 11.5 Å². The van der Waals surface area contributed by atoms with Crippen LogP contribution in [-0.4, -0.2) is 32.3 Å². The molecule has 0 aromatic rings. The minimum Gasteiger partial charge on any atom is -0.450 e. The highest BCUT2D eigenvalue weighted by Crippen LogP contribution is 1.80. The number of carbonyl (C=O) groups is 1. The molecule has 5 N–H and O–H groups in total. The van der Waals surface area contributed by atoms with Gasteiger partial charge in [-0.2, -0.15) is 0 Å². The van der Waals surface area contributed by atoms with Gasteiger partial charge in [0.25, 0.3) is 0 Å². The van der Waals surface area contributed by atoms with E-state index in [1.165, 1.54) is 0 Å². The van der Waals surface area contributed by atoms with Crippen molar-refractivity contribution in [2.75, 3.05) is 26.2 Å². The van der Waals surface area contributed by atoms with Crippen molar-refractivity contribution in [3.05, 3.63) is 0 Å². The number of hydrogen-bond donors (Lipinski definition) is 3. The Bertz CT molecular complexity index is 119. The first-order chi connectivity index (χ1) is 5.77. The van der Waals surface area contributed by atoms with E-state index in [9.17, 15) is 4.79 Å². The molecule has 1 amide bonds. The molecule has 72 valence electrons. The summed E-state index contributed by atoms with van der Waals surface area (Å²) in [7, 11) is 0. The van der Waals surface area contributed by atoms with E-state index in [-0.39, 0.29) is 0 Å². The van der Waals surface area contributed by atoms with Gasteiger partial charge in [0.05, 0.1) is 6.61 Å². The Balaban J connectivity index is 2.86. The fourth-order valence-corrected chi connectivity index (χ4v) is 0.722. The topological polar surface area (TPSA) is 90.4 Å². The van der Waals surface area contributed by atoms with E-state index in [0.717, 1.165) is 25.9 Å². The molecule has 5 heteroatoms. The van der Waals surface area contributed by atoms with Crippen molar-refractivity contribution in [2.45, 2.75) is 12.8 Å². The predicted octanol–water partition coefficient (Wildman–Crippen LogP) is -0.590. The summed E-state index contributed by atoms with van der Waals surface area (Å²) in [6, 6.07) is 0. The quantitative estimate of drug-likeness (QED) is 0.451. The third kappa shape index (κ3) is 9.19. The number of hydrogen-bond acceptors (Lipinski definition) is 4. The van der Waals surface area contributed by atoms with Gasteiger partial charge in [-0.05, 0) is 32.5 Å². The molecule has 0 bridgehead atoms. The zero-order valence-corrected chi connectivity index (χ0v) is 7.21. The lowest BCUT2D eigenvalue weighted by atomic mass is 10.4. The van der Waals surface area contributed by atoms with Gasteiger partial charge >= 0.3 is 6.09 Å². The number of amides is 1. The van der Waals surface area contributed by atoms with E-state index in [1.807, 2.05) is 0 Å². The lowest BCUT2D eigenvalue weighted by Gasteiger charge is -2.03. The average molecular weight is 175 g/mol. The van der Waals surface area contributed by atoms with Crippen LogP contribution in [0.15, 0.2) is 0 Å². The summed E-state index contributed by atoms with van der Waals surface area (Å²) < 4.78 is 4.52. The smallest absolute Gasteiger partial charge is 0.404 e. The number of rotatable bonds is 7. The Morgan fingerprint density at radius 1 is 1.33 bits per heavy atom. The molecule has 0 rings (SSSR count). The van der Waals surface area contributed by atoms with Crippen LogP contribution in [0, 0.1) is 0 Å². The first-order valence-electron chi connectivity index (χ1n) is 4.10. The van der Waals surface area contributed by atoms with Gasteiger partial charge < -0.3 is 21.5 Å². The summed E-state index contributed by atoms with van der Waals surface area (Å²) in [6.07, 6.45) is 1.04. The van der Waals surface area contributed by atoms with Crippen molar-refractivity contribution in [1.29, 1.82) is 0 Å². The Morgan fingerprint density at radius 2 is 2.00 bits per heavy atom. The Kier molecular flexibility index (Phi) is 7.73. The average Bonchev–Trinajstić information content (AvgIpc) is 2.02. The molecular weight excluding hydrogens is 158 g/mol. The van der Waals surface area contributed by atoms with E-state index < -0.39 is 6.09 Å². The molecule has 0 aromatic carbocycles. The molecule has 0 aliphatic carbocycles. The molecule has 0 aromatic heterocycles. The van der Waals surface area contributed by atoms with Gasteiger partial charge in [0.2, 0.25) is 0 Å². The Hall–Kier alpha value is -0.810. The lowest BCUT2D eigenvalue weighted by molar-refractivity contribution is 0.155. The number of ether oxygens (including phenoxy) is 1. The van der Waals surface area contributed by atoms with Crippen LogP contribution >= 0.6 is 0 Å². The van der Waals surface area contributed by atoms with E-state index in [0.29, 0.717) is 13.2 Å². The van der Waals surface area contributed by atoms with Crippen LogP contribution in [0.2, 0.25) is 0 Å². The maximum atomic E-state index is 10.1. The monoisotopic (exact) mass is 175 g/mol. The highest BCUT2D eigenvalue weighted by Gasteiger charge is 1.92. The minimum atomic E-state index is -0.711. The summed E-state index contributed by atoms with van der Waals surface area (Å²) in [6.45, 7) is 2.82. The molecule has 0 spiro atoms. The summed E-state index contributed by atoms with van der Waals surface area (Å²) >= 11 is 0. The van der Waals surface area contributed by atoms with Gasteiger partial charge in [-0.3, -0.25) is 0 Å². The second-order valence-corrected chi connectivity index (χ2v) is 2.41. The third-order valence-electron chi connectivity index (χ3n) is 1.30. The van der Waals surface area contributed by atoms with E-state index in [1.54, 1.807) is 0 Å². The molecule has 0 aliphatic rings. The first kappa shape index (κ1) is 11.2.